The van der Waals surface area contributed by atoms with Gasteiger partial charge in [-0.25, -0.2) is 4.79 Å². The van der Waals surface area contributed by atoms with Gasteiger partial charge in [0.25, 0.3) is 0 Å². The molecule has 5 heteroatoms. The Morgan fingerprint density at radius 1 is 0.963 bits per heavy atom. The number of rotatable bonds is 3. The van der Waals surface area contributed by atoms with Crippen LogP contribution in [0, 0.1) is 0 Å². The van der Waals surface area contributed by atoms with Gasteiger partial charge in [0.2, 0.25) is 0 Å². The highest BCUT2D eigenvalue weighted by Crippen LogP contribution is 2.28. The number of nitrogens with one attached hydrogen (secondary N) is 2. The molecule has 1 saturated heterocycles. The number of carbonyl (C=O) groups excluding carboxylic acids is 1. The average molecular weight is 365 g/mol. The maximum Gasteiger partial charge on any atom is 0.315 e. The lowest BCUT2D eigenvalue weighted by molar-refractivity contribution is -0.00756. The summed E-state index contributed by atoms with van der Waals surface area (Å²) in [6, 6.07) is 12.7. The molecule has 4 rings (SSSR count). The van der Waals surface area contributed by atoms with Crippen molar-refractivity contribution >= 4 is 6.03 Å². The van der Waals surface area contributed by atoms with Crippen molar-refractivity contribution in [1.29, 1.82) is 0 Å². The summed E-state index contributed by atoms with van der Waals surface area (Å²) in [5.74, 6) is 0. The molecule has 5 nitrogen and oxygen atoms in total. The van der Waals surface area contributed by atoms with Crippen LogP contribution in [0.1, 0.15) is 48.5 Å². The Morgan fingerprint density at radius 2 is 1.67 bits per heavy atom. The second kappa shape index (κ2) is 8.53. The van der Waals surface area contributed by atoms with Crippen LogP contribution in [0.3, 0.4) is 0 Å². The minimum atomic E-state index is -0.106. The van der Waals surface area contributed by atoms with Crippen LogP contribution in [0.4, 0.5) is 4.79 Å². The van der Waals surface area contributed by atoms with Gasteiger partial charge in [0.15, 0.2) is 0 Å². The van der Waals surface area contributed by atoms with Crippen LogP contribution in [0.25, 0.3) is 0 Å². The molecule has 1 aromatic carbocycles. The highest BCUT2D eigenvalue weighted by atomic mass is 16.5. The fraction of sp³-hybridized carbons (Fsp3) is 0.455. The van der Waals surface area contributed by atoms with Gasteiger partial charge < -0.3 is 15.4 Å². The summed E-state index contributed by atoms with van der Waals surface area (Å²) in [5, 5.41) is 6.36. The average Bonchev–Trinajstić information content (AvgIpc) is 2.92. The maximum absolute atomic E-state index is 12.7. The lowest BCUT2D eigenvalue weighted by atomic mass is 9.97. The summed E-state index contributed by atoms with van der Waals surface area (Å²) in [4.78, 5) is 16.7. The molecule has 0 unspecified atom stereocenters. The summed E-state index contributed by atoms with van der Waals surface area (Å²) in [6.45, 7) is 0.730. The zero-order chi connectivity index (χ0) is 18.5. The first-order valence-electron chi connectivity index (χ1n) is 9.95. The number of hydrogen-bond donors (Lipinski definition) is 2. The molecule has 0 spiro atoms. The monoisotopic (exact) mass is 365 g/mol. The summed E-state index contributed by atoms with van der Waals surface area (Å²) in [6.07, 6.45) is 9.34. The summed E-state index contributed by atoms with van der Waals surface area (Å²) < 4.78 is 5.96. The molecule has 27 heavy (non-hydrogen) atoms. The van der Waals surface area contributed by atoms with E-state index in [1.807, 2.05) is 12.1 Å². The molecule has 2 aromatic rings. The Kier molecular flexibility index (Phi) is 5.68. The fourth-order valence-corrected chi connectivity index (χ4v) is 4.20. The van der Waals surface area contributed by atoms with Gasteiger partial charge in [0.05, 0.1) is 6.04 Å². The van der Waals surface area contributed by atoms with E-state index < -0.39 is 0 Å². The number of fused-ring (bicyclic) bond motifs is 1. The van der Waals surface area contributed by atoms with Gasteiger partial charge in [0, 0.05) is 25.0 Å². The summed E-state index contributed by atoms with van der Waals surface area (Å²) in [5.41, 5.74) is 3.90. The number of urea groups is 1. The van der Waals surface area contributed by atoms with Crippen LogP contribution in [0.5, 0.6) is 0 Å². The third kappa shape index (κ3) is 4.48. The van der Waals surface area contributed by atoms with Crippen molar-refractivity contribution in [1.82, 2.24) is 15.6 Å². The minimum Gasteiger partial charge on any atom is -0.371 e. The van der Waals surface area contributed by atoms with Crippen molar-refractivity contribution in [3.63, 3.8) is 0 Å². The molecular formula is C22H27N3O2. The van der Waals surface area contributed by atoms with E-state index in [0.29, 0.717) is 0 Å². The van der Waals surface area contributed by atoms with Gasteiger partial charge >= 0.3 is 6.03 Å². The van der Waals surface area contributed by atoms with E-state index >= 15 is 0 Å². The molecule has 2 amide bonds. The van der Waals surface area contributed by atoms with Crippen molar-refractivity contribution < 1.29 is 9.53 Å². The first-order chi connectivity index (χ1) is 13.3. The number of amides is 2. The molecule has 2 aliphatic rings. The van der Waals surface area contributed by atoms with Crippen molar-refractivity contribution in [3.05, 3.63) is 65.5 Å². The number of aryl methyl sites for hydroxylation is 2. The third-order valence-electron chi connectivity index (χ3n) is 5.65. The highest BCUT2D eigenvalue weighted by molar-refractivity contribution is 5.74. The van der Waals surface area contributed by atoms with Crippen molar-refractivity contribution in [3.8, 4) is 0 Å². The quantitative estimate of drug-likeness (QED) is 0.818. The van der Waals surface area contributed by atoms with Crippen LogP contribution in [0.15, 0.2) is 48.8 Å². The number of benzene rings is 1. The lowest BCUT2D eigenvalue weighted by Gasteiger charge is -2.33. The Morgan fingerprint density at radius 3 is 2.37 bits per heavy atom. The van der Waals surface area contributed by atoms with E-state index in [-0.39, 0.29) is 24.2 Å². The fourth-order valence-electron chi connectivity index (χ4n) is 4.20. The highest BCUT2D eigenvalue weighted by Gasteiger charge is 2.29. The molecule has 1 aliphatic carbocycles. The SMILES string of the molecule is O=C(NC1CCc2ccccc2CC1)N[C@H]1CCCO[C@@H]1c1ccncc1. The van der Waals surface area contributed by atoms with Gasteiger partial charge in [-0.2, -0.15) is 0 Å². The lowest BCUT2D eigenvalue weighted by Crippen LogP contribution is -2.49. The summed E-state index contributed by atoms with van der Waals surface area (Å²) in [7, 11) is 0. The topological polar surface area (TPSA) is 63.2 Å². The molecular weight excluding hydrogens is 338 g/mol. The van der Waals surface area contributed by atoms with Gasteiger partial charge in [-0.15, -0.1) is 0 Å². The predicted octanol–water partition coefficient (Wildman–Crippen LogP) is 3.55. The normalized spacial score (nSPS) is 23.1. The van der Waals surface area contributed by atoms with Crippen LogP contribution >= 0.6 is 0 Å². The molecule has 2 heterocycles. The van der Waals surface area contributed by atoms with Crippen molar-refractivity contribution in [2.24, 2.45) is 0 Å². The van der Waals surface area contributed by atoms with E-state index in [4.69, 9.17) is 4.74 Å². The second-order valence-corrected chi connectivity index (χ2v) is 7.48. The summed E-state index contributed by atoms with van der Waals surface area (Å²) >= 11 is 0. The molecule has 2 atom stereocenters. The first kappa shape index (κ1) is 18.0. The van der Waals surface area contributed by atoms with E-state index in [9.17, 15) is 4.79 Å². The zero-order valence-corrected chi connectivity index (χ0v) is 15.6. The van der Waals surface area contributed by atoms with E-state index in [2.05, 4.69) is 39.9 Å². The van der Waals surface area contributed by atoms with Crippen LogP contribution in [-0.4, -0.2) is 29.7 Å². The Labute approximate surface area is 160 Å². The molecule has 0 bridgehead atoms. The number of hydrogen-bond acceptors (Lipinski definition) is 3. The molecule has 2 N–H and O–H groups in total. The van der Waals surface area contributed by atoms with E-state index in [1.54, 1.807) is 12.4 Å². The third-order valence-corrected chi connectivity index (χ3v) is 5.65. The number of carbonyl (C=O) groups is 1. The van der Waals surface area contributed by atoms with Crippen molar-refractivity contribution in [2.75, 3.05) is 6.61 Å². The Balaban J connectivity index is 1.34. The molecule has 0 radical (unpaired) electrons. The second-order valence-electron chi connectivity index (χ2n) is 7.48. The number of pyridine rings is 1. The largest absolute Gasteiger partial charge is 0.371 e. The number of aromatic nitrogens is 1. The van der Waals surface area contributed by atoms with E-state index in [1.165, 1.54) is 11.1 Å². The van der Waals surface area contributed by atoms with Crippen LogP contribution in [-0.2, 0) is 17.6 Å². The molecule has 0 saturated carbocycles. The van der Waals surface area contributed by atoms with Crippen LogP contribution in [0.2, 0.25) is 0 Å². The van der Waals surface area contributed by atoms with E-state index in [0.717, 1.165) is 50.7 Å². The van der Waals surface area contributed by atoms with Gasteiger partial charge in [-0.05, 0) is 67.3 Å². The van der Waals surface area contributed by atoms with Gasteiger partial charge in [0.1, 0.15) is 6.10 Å². The van der Waals surface area contributed by atoms with Crippen molar-refractivity contribution in [2.45, 2.75) is 56.7 Å². The van der Waals surface area contributed by atoms with Gasteiger partial charge in [-0.1, -0.05) is 24.3 Å². The number of nitrogens with zero attached hydrogens (tertiary/aromatic N) is 1. The zero-order valence-electron chi connectivity index (χ0n) is 15.6. The minimum absolute atomic E-state index is 0.0101. The standard InChI is InChI=1S/C22H27N3O2/c26-22(24-19-9-7-16-4-1-2-5-17(16)8-10-19)25-20-6-3-15-27-21(20)18-11-13-23-14-12-18/h1-2,4-5,11-14,19-21H,3,6-10,15H2,(H2,24,25,26)/t20-,21+/m0/s1. The molecule has 1 aromatic heterocycles. The molecule has 142 valence electrons. The first-order valence-corrected chi connectivity index (χ1v) is 9.95. The molecule has 1 fully saturated rings. The smallest absolute Gasteiger partial charge is 0.315 e. The van der Waals surface area contributed by atoms with Crippen LogP contribution < -0.4 is 10.6 Å². The molecule has 1 aliphatic heterocycles. The maximum atomic E-state index is 12.7. The number of ether oxygens (including phenoxy) is 1. The Hall–Kier alpha value is -2.40. The Bertz CT molecular complexity index is 738. The predicted molar refractivity (Wildman–Crippen MR) is 104 cm³/mol. The van der Waals surface area contributed by atoms with Gasteiger partial charge in [-0.3, -0.25) is 4.98 Å².